The quantitative estimate of drug-likeness (QED) is 0.752. The van der Waals surface area contributed by atoms with E-state index >= 15 is 0 Å². The molecule has 1 aromatic rings. The molecule has 0 radical (unpaired) electrons. The number of ether oxygens (including phenoxy) is 1. The minimum atomic E-state index is 0.00862. The first-order valence-electron chi connectivity index (χ1n) is 6.48. The van der Waals surface area contributed by atoms with Crippen molar-refractivity contribution in [2.24, 2.45) is 18.7 Å². The van der Waals surface area contributed by atoms with Crippen LogP contribution in [0.5, 0.6) is 0 Å². The Hall–Kier alpha value is -0.910. The predicted molar refractivity (Wildman–Crippen MR) is 73.3 cm³/mol. The van der Waals surface area contributed by atoms with Crippen molar-refractivity contribution in [1.29, 1.82) is 0 Å². The van der Waals surface area contributed by atoms with E-state index in [1.807, 2.05) is 19.4 Å². The van der Waals surface area contributed by atoms with Crippen LogP contribution in [0.2, 0.25) is 0 Å². The summed E-state index contributed by atoms with van der Waals surface area (Å²) >= 11 is 0. The molecule has 0 aromatic carbocycles. The number of hydrogen-bond donors (Lipinski definition) is 1. The van der Waals surface area contributed by atoms with Gasteiger partial charge in [-0.1, -0.05) is 13.8 Å². The molecule has 18 heavy (non-hydrogen) atoms. The Morgan fingerprint density at radius 3 is 2.67 bits per heavy atom. The lowest BCUT2D eigenvalue weighted by atomic mass is 10.1. The normalized spacial score (nSPS) is 13.5. The molecule has 0 amide bonds. The van der Waals surface area contributed by atoms with Crippen LogP contribution in [0, 0.1) is 5.92 Å². The van der Waals surface area contributed by atoms with E-state index in [2.05, 4.69) is 23.8 Å². The van der Waals surface area contributed by atoms with Crippen LogP contribution in [-0.4, -0.2) is 48.0 Å². The molecule has 0 bridgehead atoms. The predicted octanol–water partition coefficient (Wildman–Crippen LogP) is 1.02. The van der Waals surface area contributed by atoms with Crippen molar-refractivity contribution in [2.45, 2.75) is 19.9 Å². The van der Waals surface area contributed by atoms with Gasteiger partial charge in [-0.3, -0.25) is 9.58 Å². The Morgan fingerprint density at radius 2 is 2.17 bits per heavy atom. The van der Waals surface area contributed by atoms with Crippen LogP contribution >= 0.6 is 0 Å². The number of nitrogens with zero attached hydrogens (tertiary/aromatic N) is 3. The smallest absolute Gasteiger partial charge is 0.0589 e. The summed E-state index contributed by atoms with van der Waals surface area (Å²) < 4.78 is 6.94. The molecular weight excluding hydrogens is 228 g/mol. The number of nitrogens with two attached hydrogens (primary N) is 1. The van der Waals surface area contributed by atoms with Gasteiger partial charge in [0, 0.05) is 51.6 Å². The SMILES string of the molecule is COCCN(CC(C)C)CC(N)c1cnn(C)c1. The third-order valence-electron chi connectivity index (χ3n) is 2.84. The molecule has 0 aliphatic heterocycles. The zero-order chi connectivity index (χ0) is 13.5. The van der Waals surface area contributed by atoms with E-state index in [9.17, 15) is 0 Å². The summed E-state index contributed by atoms with van der Waals surface area (Å²) in [6, 6.07) is 0.00862. The highest BCUT2D eigenvalue weighted by Gasteiger charge is 2.14. The first-order chi connectivity index (χ1) is 8.52. The van der Waals surface area contributed by atoms with E-state index < -0.39 is 0 Å². The summed E-state index contributed by atoms with van der Waals surface area (Å²) in [5.74, 6) is 0.628. The van der Waals surface area contributed by atoms with Gasteiger partial charge in [-0.2, -0.15) is 5.10 Å². The van der Waals surface area contributed by atoms with Gasteiger partial charge in [0.1, 0.15) is 0 Å². The molecule has 1 unspecified atom stereocenters. The Bertz CT molecular complexity index is 337. The van der Waals surface area contributed by atoms with E-state index in [0.29, 0.717) is 5.92 Å². The molecule has 0 spiro atoms. The maximum absolute atomic E-state index is 6.22. The topological polar surface area (TPSA) is 56.3 Å². The molecule has 1 rings (SSSR count). The second kappa shape index (κ2) is 7.51. The molecule has 5 nitrogen and oxygen atoms in total. The van der Waals surface area contributed by atoms with Crippen molar-refractivity contribution in [2.75, 3.05) is 33.4 Å². The van der Waals surface area contributed by atoms with Gasteiger partial charge in [0.05, 0.1) is 12.8 Å². The minimum absolute atomic E-state index is 0.00862. The number of aromatic nitrogens is 2. The lowest BCUT2D eigenvalue weighted by Gasteiger charge is -2.26. The van der Waals surface area contributed by atoms with E-state index in [-0.39, 0.29) is 6.04 Å². The van der Waals surface area contributed by atoms with E-state index in [1.165, 1.54) is 0 Å². The zero-order valence-electron chi connectivity index (χ0n) is 12.0. The first-order valence-corrected chi connectivity index (χ1v) is 6.48. The molecule has 0 saturated carbocycles. The molecule has 2 N–H and O–H groups in total. The fourth-order valence-corrected chi connectivity index (χ4v) is 2.01. The van der Waals surface area contributed by atoms with Crippen molar-refractivity contribution in [3.8, 4) is 0 Å². The maximum Gasteiger partial charge on any atom is 0.0589 e. The third kappa shape index (κ3) is 5.16. The van der Waals surface area contributed by atoms with E-state index in [0.717, 1.165) is 31.8 Å². The molecule has 5 heteroatoms. The van der Waals surface area contributed by atoms with Crippen molar-refractivity contribution in [3.63, 3.8) is 0 Å². The molecule has 1 heterocycles. The van der Waals surface area contributed by atoms with E-state index in [4.69, 9.17) is 10.5 Å². The fraction of sp³-hybridized carbons (Fsp3) is 0.769. The molecule has 0 aliphatic carbocycles. The van der Waals surface area contributed by atoms with Gasteiger partial charge in [-0.05, 0) is 5.92 Å². The number of aryl methyl sites for hydroxylation is 1. The summed E-state index contributed by atoms with van der Waals surface area (Å²) in [6.45, 7) is 7.98. The van der Waals surface area contributed by atoms with Crippen molar-refractivity contribution in [3.05, 3.63) is 18.0 Å². The molecule has 0 aliphatic rings. The summed E-state index contributed by atoms with van der Waals surface area (Å²) in [7, 11) is 3.64. The van der Waals surface area contributed by atoms with Crippen LogP contribution in [0.1, 0.15) is 25.5 Å². The van der Waals surface area contributed by atoms with Crippen LogP contribution in [0.25, 0.3) is 0 Å². The number of methoxy groups -OCH3 is 1. The maximum atomic E-state index is 6.22. The summed E-state index contributed by atoms with van der Waals surface area (Å²) in [6.07, 6.45) is 3.82. The summed E-state index contributed by atoms with van der Waals surface area (Å²) in [5, 5.41) is 4.16. The Balaban J connectivity index is 2.52. The van der Waals surface area contributed by atoms with Gasteiger partial charge >= 0.3 is 0 Å². The lowest BCUT2D eigenvalue weighted by molar-refractivity contribution is 0.136. The van der Waals surface area contributed by atoms with Gasteiger partial charge in [-0.15, -0.1) is 0 Å². The monoisotopic (exact) mass is 254 g/mol. The number of hydrogen-bond acceptors (Lipinski definition) is 4. The van der Waals surface area contributed by atoms with Crippen molar-refractivity contribution in [1.82, 2.24) is 14.7 Å². The van der Waals surface area contributed by atoms with Crippen LogP contribution in [0.3, 0.4) is 0 Å². The lowest BCUT2D eigenvalue weighted by Crippen LogP contribution is -2.36. The Morgan fingerprint density at radius 1 is 1.44 bits per heavy atom. The Labute approximate surface area is 110 Å². The minimum Gasteiger partial charge on any atom is -0.383 e. The summed E-state index contributed by atoms with van der Waals surface area (Å²) in [4.78, 5) is 2.35. The van der Waals surface area contributed by atoms with Crippen LogP contribution < -0.4 is 5.73 Å². The average molecular weight is 254 g/mol. The van der Waals surface area contributed by atoms with Gasteiger partial charge in [-0.25, -0.2) is 0 Å². The molecule has 0 fully saturated rings. The summed E-state index contributed by atoms with van der Waals surface area (Å²) in [5.41, 5.74) is 7.31. The van der Waals surface area contributed by atoms with Crippen LogP contribution in [0.15, 0.2) is 12.4 Å². The van der Waals surface area contributed by atoms with Crippen LogP contribution in [-0.2, 0) is 11.8 Å². The molecule has 0 saturated heterocycles. The fourth-order valence-electron chi connectivity index (χ4n) is 2.01. The highest BCUT2D eigenvalue weighted by molar-refractivity contribution is 5.09. The first kappa shape index (κ1) is 15.1. The second-order valence-corrected chi connectivity index (χ2v) is 5.20. The zero-order valence-corrected chi connectivity index (χ0v) is 12.0. The highest BCUT2D eigenvalue weighted by Crippen LogP contribution is 2.11. The molecule has 1 aromatic heterocycles. The average Bonchev–Trinajstić information content (AvgIpc) is 2.72. The largest absolute Gasteiger partial charge is 0.383 e. The van der Waals surface area contributed by atoms with Crippen LogP contribution in [0.4, 0.5) is 0 Å². The number of rotatable bonds is 8. The van der Waals surface area contributed by atoms with Gasteiger partial charge in [0.25, 0.3) is 0 Å². The second-order valence-electron chi connectivity index (χ2n) is 5.20. The van der Waals surface area contributed by atoms with Gasteiger partial charge in [0.2, 0.25) is 0 Å². The standard InChI is InChI=1S/C13H26N4O/c1-11(2)8-17(5-6-18-4)10-13(14)12-7-15-16(3)9-12/h7,9,11,13H,5-6,8,10,14H2,1-4H3. The molecular formula is C13H26N4O. The highest BCUT2D eigenvalue weighted by atomic mass is 16.5. The van der Waals surface area contributed by atoms with Gasteiger partial charge in [0.15, 0.2) is 0 Å². The third-order valence-corrected chi connectivity index (χ3v) is 2.84. The Kier molecular flexibility index (Phi) is 6.32. The van der Waals surface area contributed by atoms with E-state index in [1.54, 1.807) is 11.8 Å². The molecule has 1 atom stereocenters. The molecule has 104 valence electrons. The van der Waals surface area contributed by atoms with Crippen molar-refractivity contribution < 1.29 is 4.74 Å². The van der Waals surface area contributed by atoms with Gasteiger partial charge < -0.3 is 10.5 Å². The van der Waals surface area contributed by atoms with Crippen molar-refractivity contribution >= 4 is 0 Å².